The monoisotopic (exact) mass is 301 g/mol. The van der Waals surface area contributed by atoms with Crippen LogP contribution in [0.1, 0.15) is 9.67 Å². The van der Waals surface area contributed by atoms with Crippen LogP contribution in [0.25, 0.3) is 0 Å². The molecule has 0 radical (unpaired) electrons. The first kappa shape index (κ1) is 12.7. The maximum atomic E-state index is 11.9. The number of rotatable bonds is 4. The van der Waals surface area contributed by atoms with Crippen molar-refractivity contribution >= 4 is 39.1 Å². The molecule has 0 saturated carbocycles. The van der Waals surface area contributed by atoms with Gasteiger partial charge in [0, 0.05) is 4.47 Å². The van der Waals surface area contributed by atoms with E-state index >= 15 is 0 Å². The van der Waals surface area contributed by atoms with Crippen LogP contribution in [0.4, 0.5) is 0 Å². The predicted octanol–water partition coefficient (Wildman–Crippen LogP) is 1.67. The fourth-order valence-corrected chi connectivity index (χ4v) is 2.57. The number of carboxylic acids is 1. The molecule has 0 saturated heterocycles. The molecule has 0 fully saturated rings. The van der Waals surface area contributed by atoms with Crippen molar-refractivity contribution in [2.75, 3.05) is 13.1 Å². The Labute approximate surface area is 105 Å². The van der Waals surface area contributed by atoms with Crippen molar-refractivity contribution in [1.29, 1.82) is 0 Å². The summed E-state index contributed by atoms with van der Waals surface area (Å²) in [4.78, 5) is 24.0. The molecule has 6 heteroatoms. The second kappa shape index (κ2) is 5.68. The van der Waals surface area contributed by atoms with Crippen molar-refractivity contribution in [3.05, 3.63) is 20.8 Å². The molecule has 16 heavy (non-hydrogen) atoms. The third kappa shape index (κ3) is 3.08. The van der Waals surface area contributed by atoms with Gasteiger partial charge in [0.1, 0.15) is 11.4 Å². The van der Waals surface area contributed by atoms with Gasteiger partial charge in [-0.2, -0.15) is 0 Å². The van der Waals surface area contributed by atoms with Crippen LogP contribution < -0.4 is 0 Å². The molecule has 1 N–H and O–H groups in total. The van der Waals surface area contributed by atoms with E-state index in [-0.39, 0.29) is 12.5 Å². The number of carbonyl (C=O) groups is 2. The smallest absolute Gasteiger partial charge is 0.323 e. The highest BCUT2D eigenvalue weighted by atomic mass is 79.9. The molecule has 0 aliphatic heterocycles. The molecule has 0 aliphatic rings. The molecule has 1 heterocycles. The zero-order valence-electron chi connectivity index (χ0n) is 8.14. The summed E-state index contributed by atoms with van der Waals surface area (Å²) in [6.45, 7) is -0.414. The van der Waals surface area contributed by atoms with Gasteiger partial charge in [-0.3, -0.25) is 9.59 Å². The van der Waals surface area contributed by atoms with E-state index in [2.05, 4.69) is 21.9 Å². The van der Waals surface area contributed by atoms with Gasteiger partial charge in [0.2, 0.25) is 0 Å². The van der Waals surface area contributed by atoms with Crippen molar-refractivity contribution in [3.63, 3.8) is 0 Å². The third-order valence-electron chi connectivity index (χ3n) is 1.71. The van der Waals surface area contributed by atoms with E-state index in [1.807, 2.05) is 0 Å². The first-order valence-electron chi connectivity index (χ1n) is 4.23. The second-order valence-corrected chi connectivity index (χ2v) is 4.63. The summed E-state index contributed by atoms with van der Waals surface area (Å²) in [5.74, 6) is 0.807. The Kier molecular flexibility index (Phi) is 4.52. The van der Waals surface area contributed by atoms with Crippen molar-refractivity contribution in [2.45, 2.75) is 0 Å². The second-order valence-electron chi connectivity index (χ2n) is 2.86. The van der Waals surface area contributed by atoms with Crippen LogP contribution in [-0.2, 0) is 4.79 Å². The number of hydrogen-bond donors (Lipinski definition) is 1. The normalized spacial score (nSPS) is 9.50. The van der Waals surface area contributed by atoms with E-state index in [1.165, 1.54) is 11.3 Å². The van der Waals surface area contributed by atoms with Gasteiger partial charge in [-0.1, -0.05) is 5.92 Å². The minimum atomic E-state index is -1.09. The molecule has 84 valence electrons. The third-order valence-corrected chi connectivity index (χ3v) is 3.53. The Morgan fingerprint density at radius 2 is 2.31 bits per heavy atom. The highest BCUT2D eigenvalue weighted by molar-refractivity contribution is 9.10. The average Bonchev–Trinajstić information content (AvgIpc) is 2.62. The lowest BCUT2D eigenvalue weighted by atomic mass is 10.3. The fourth-order valence-electron chi connectivity index (χ4n) is 1.06. The Hall–Kier alpha value is -1.32. The largest absolute Gasteiger partial charge is 0.480 e. The first-order valence-corrected chi connectivity index (χ1v) is 5.91. The van der Waals surface area contributed by atoms with Gasteiger partial charge in [0.15, 0.2) is 0 Å². The lowest BCUT2D eigenvalue weighted by molar-refractivity contribution is -0.137. The summed E-state index contributed by atoms with van der Waals surface area (Å²) in [5.41, 5.74) is 0. The standard InChI is InChI=1S/C10H8BrNO3S/c1-2-4-12(6-8(13)14)10(15)9-7(11)3-5-16-9/h1,3,5H,4,6H2,(H,13,14). The summed E-state index contributed by atoms with van der Waals surface area (Å²) in [6.07, 6.45) is 5.09. The maximum Gasteiger partial charge on any atom is 0.323 e. The molecule has 0 spiro atoms. The average molecular weight is 302 g/mol. The lowest BCUT2D eigenvalue weighted by Gasteiger charge is -2.16. The lowest BCUT2D eigenvalue weighted by Crippen LogP contribution is -2.35. The number of thiophene rings is 1. The van der Waals surface area contributed by atoms with Crippen LogP contribution in [0, 0.1) is 12.3 Å². The summed E-state index contributed by atoms with van der Waals surface area (Å²) >= 11 is 4.46. The summed E-state index contributed by atoms with van der Waals surface area (Å²) in [5, 5.41) is 10.4. The molecule has 0 bridgehead atoms. The minimum absolute atomic E-state index is 0.0184. The molecule has 0 atom stereocenters. The van der Waals surface area contributed by atoms with Crippen LogP contribution in [0.5, 0.6) is 0 Å². The van der Waals surface area contributed by atoms with E-state index < -0.39 is 12.5 Å². The number of nitrogens with zero attached hydrogens (tertiary/aromatic N) is 1. The van der Waals surface area contributed by atoms with Crippen LogP contribution in [0.15, 0.2) is 15.9 Å². The molecule has 0 unspecified atom stereocenters. The topological polar surface area (TPSA) is 57.6 Å². The van der Waals surface area contributed by atoms with Crippen LogP contribution in [0.2, 0.25) is 0 Å². The van der Waals surface area contributed by atoms with Gasteiger partial charge in [-0.05, 0) is 27.4 Å². The van der Waals surface area contributed by atoms with Crippen LogP contribution in [-0.4, -0.2) is 35.0 Å². The van der Waals surface area contributed by atoms with E-state index in [0.717, 1.165) is 4.90 Å². The Morgan fingerprint density at radius 3 is 2.75 bits per heavy atom. The maximum absolute atomic E-state index is 11.9. The molecule has 1 aromatic heterocycles. The molecule has 0 aromatic carbocycles. The summed E-state index contributed by atoms with van der Waals surface area (Å²) in [6, 6.07) is 1.73. The van der Waals surface area contributed by atoms with Crippen LogP contribution >= 0.6 is 27.3 Å². The van der Waals surface area contributed by atoms with Gasteiger partial charge >= 0.3 is 5.97 Å². The zero-order chi connectivity index (χ0) is 12.1. The molecule has 4 nitrogen and oxygen atoms in total. The molecule has 1 rings (SSSR count). The molecular formula is C10H8BrNO3S. The van der Waals surface area contributed by atoms with Gasteiger partial charge in [-0.15, -0.1) is 17.8 Å². The molecule has 1 aromatic rings. The Morgan fingerprint density at radius 1 is 1.62 bits per heavy atom. The number of hydrogen-bond acceptors (Lipinski definition) is 3. The van der Waals surface area contributed by atoms with E-state index in [0.29, 0.717) is 9.35 Å². The predicted molar refractivity (Wildman–Crippen MR) is 64.4 cm³/mol. The highest BCUT2D eigenvalue weighted by Gasteiger charge is 2.20. The highest BCUT2D eigenvalue weighted by Crippen LogP contribution is 2.24. The summed E-state index contributed by atoms with van der Waals surface area (Å²) in [7, 11) is 0. The number of aliphatic carboxylic acids is 1. The molecule has 0 aliphatic carbocycles. The van der Waals surface area contributed by atoms with Crippen molar-refractivity contribution in [3.8, 4) is 12.3 Å². The minimum Gasteiger partial charge on any atom is -0.480 e. The number of halogens is 1. The van der Waals surface area contributed by atoms with Gasteiger partial charge < -0.3 is 10.0 Å². The van der Waals surface area contributed by atoms with E-state index in [4.69, 9.17) is 11.5 Å². The van der Waals surface area contributed by atoms with Crippen LogP contribution in [0.3, 0.4) is 0 Å². The number of terminal acetylenes is 1. The Bertz CT molecular complexity index is 449. The Balaban J connectivity index is 2.88. The number of amides is 1. The van der Waals surface area contributed by atoms with Crippen molar-refractivity contribution < 1.29 is 14.7 Å². The van der Waals surface area contributed by atoms with E-state index in [9.17, 15) is 9.59 Å². The number of carboxylic acid groups (broad SMARTS) is 1. The van der Waals surface area contributed by atoms with Gasteiger partial charge in [-0.25, -0.2) is 0 Å². The van der Waals surface area contributed by atoms with Crippen molar-refractivity contribution in [1.82, 2.24) is 4.90 Å². The first-order chi connectivity index (χ1) is 7.56. The SMILES string of the molecule is C#CCN(CC(=O)O)C(=O)c1sccc1Br. The fraction of sp³-hybridized carbons (Fsp3) is 0.200. The van der Waals surface area contributed by atoms with E-state index in [1.54, 1.807) is 11.4 Å². The zero-order valence-corrected chi connectivity index (χ0v) is 10.5. The quantitative estimate of drug-likeness (QED) is 0.861. The molecular weight excluding hydrogens is 294 g/mol. The summed E-state index contributed by atoms with van der Waals surface area (Å²) < 4.78 is 0.648. The molecule has 1 amide bonds. The van der Waals surface area contributed by atoms with Gasteiger partial charge in [0.05, 0.1) is 6.54 Å². The number of carbonyl (C=O) groups excluding carboxylic acids is 1. The van der Waals surface area contributed by atoms with Crippen molar-refractivity contribution in [2.24, 2.45) is 0 Å². The van der Waals surface area contributed by atoms with Gasteiger partial charge in [0.25, 0.3) is 5.91 Å².